The van der Waals surface area contributed by atoms with Crippen molar-refractivity contribution in [1.82, 2.24) is 20.2 Å². The molecule has 2 atom stereocenters. The maximum Gasteiger partial charge on any atom is 0.417 e. The van der Waals surface area contributed by atoms with E-state index in [9.17, 15) is 14.4 Å². The first-order chi connectivity index (χ1) is 16.4. The van der Waals surface area contributed by atoms with Crippen LogP contribution < -0.4 is 20.5 Å². The number of aromatic nitrogens is 2. The summed E-state index contributed by atoms with van der Waals surface area (Å²) in [5.74, 6) is -0.532. The molecule has 0 unspecified atom stereocenters. The van der Waals surface area contributed by atoms with Crippen LogP contribution >= 0.6 is 0 Å². The Balaban J connectivity index is 1.57. The molecule has 34 heavy (non-hydrogen) atoms. The number of ether oxygens (including phenoxy) is 2. The van der Waals surface area contributed by atoms with Gasteiger partial charge in [-0.3, -0.25) is 14.6 Å². The Morgan fingerprint density at radius 2 is 1.97 bits per heavy atom. The zero-order valence-corrected chi connectivity index (χ0v) is 19.2. The molecule has 0 spiro atoms. The maximum absolute atomic E-state index is 13.3. The summed E-state index contributed by atoms with van der Waals surface area (Å²) in [6, 6.07) is 11.1. The van der Waals surface area contributed by atoms with Gasteiger partial charge in [-0.15, -0.1) is 0 Å². The number of hydrogen-bond donors (Lipinski definition) is 2. The minimum atomic E-state index is -0.675. The molecule has 1 fully saturated rings. The zero-order chi connectivity index (χ0) is 24.2. The summed E-state index contributed by atoms with van der Waals surface area (Å²) in [6.45, 7) is 2.38. The van der Waals surface area contributed by atoms with E-state index in [1.165, 1.54) is 20.4 Å². The van der Waals surface area contributed by atoms with Crippen LogP contribution in [-0.2, 0) is 0 Å². The van der Waals surface area contributed by atoms with E-state index in [2.05, 4.69) is 15.3 Å². The number of piperidine rings is 1. The molecule has 10 heteroatoms. The highest BCUT2D eigenvalue weighted by Gasteiger charge is 2.35. The van der Waals surface area contributed by atoms with Crippen molar-refractivity contribution in [3.63, 3.8) is 0 Å². The lowest BCUT2D eigenvalue weighted by Gasteiger charge is -2.39. The molecule has 4 rings (SSSR count). The molecule has 1 aliphatic heterocycles. The molecule has 2 amide bonds. The number of nitrogens with zero attached hydrogens (tertiary/aromatic N) is 2. The van der Waals surface area contributed by atoms with Gasteiger partial charge in [-0.05, 0) is 18.9 Å². The number of pyridine rings is 1. The molecule has 3 heterocycles. The Hall–Kier alpha value is -4.08. The zero-order valence-electron chi connectivity index (χ0n) is 19.2. The normalized spacial score (nSPS) is 17.8. The molecule has 1 saturated heterocycles. The van der Waals surface area contributed by atoms with Crippen LogP contribution in [0.2, 0.25) is 0 Å². The molecule has 10 nitrogen and oxygen atoms in total. The fourth-order valence-corrected chi connectivity index (χ4v) is 4.24. The molecule has 178 valence electrons. The molecule has 0 radical (unpaired) electrons. The van der Waals surface area contributed by atoms with Crippen molar-refractivity contribution < 1.29 is 23.5 Å². The van der Waals surface area contributed by atoms with E-state index in [1.54, 1.807) is 17.9 Å². The predicted octanol–water partition coefficient (Wildman–Crippen LogP) is 2.12. The number of carbonyl (C=O) groups excluding carboxylic acids is 2. The van der Waals surface area contributed by atoms with Gasteiger partial charge in [-0.2, -0.15) is 0 Å². The standard InChI is InChI=1S/C24H26N4O6/c1-14-20(27-24(31)34-14)21(29)26-18-9-10-28(13-17(18)15-7-5-4-6-8-15)23(30)16-11-19(32-2)22(33-3)25-12-16/h4-8,11-12,17-18H,9-10,13H2,1-3H3,(H,26,29)(H,27,31)/t17-,18-/m1/s1. The molecule has 2 N–H and O–H groups in total. The lowest BCUT2D eigenvalue weighted by Crippen LogP contribution is -2.51. The van der Waals surface area contributed by atoms with Gasteiger partial charge in [0.2, 0.25) is 0 Å². The van der Waals surface area contributed by atoms with E-state index in [0.29, 0.717) is 36.7 Å². The fraction of sp³-hybridized carbons (Fsp3) is 0.333. The van der Waals surface area contributed by atoms with Gasteiger partial charge >= 0.3 is 5.76 Å². The first-order valence-electron chi connectivity index (χ1n) is 10.8. The Kier molecular flexibility index (Phi) is 6.67. The highest BCUT2D eigenvalue weighted by Crippen LogP contribution is 2.30. The van der Waals surface area contributed by atoms with Gasteiger partial charge < -0.3 is 24.1 Å². The molecule has 0 saturated carbocycles. The third kappa shape index (κ3) is 4.66. The van der Waals surface area contributed by atoms with E-state index in [0.717, 1.165) is 5.56 Å². The van der Waals surface area contributed by atoms with Crippen LogP contribution in [0.25, 0.3) is 0 Å². The van der Waals surface area contributed by atoms with E-state index in [-0.39, 0.29) is 29.3 Å². The summed E-state index contributed by atoms with van der Waals surface area (Å²) in [5, 5.41) is 3.01. The number of aryl methyl sites for hydroxylation is 1. The van der Waals surface area contributed by atoms with Gasteiger partial charge in [-0.25, -0.2) is 9.78 Å². The first kappa shape index (κ1) is 23.1. The summed E-state index contributed by atoms with van der Waals surface area (Å²) in [4.78, 5) is 45.9. The largest absolute Gasteiger partial charge is 0.491 e. The number of likely N-dealkylation sites (tertiary alicyclic amines) is 1. The van der Waals surface area contributed by atoms with E-state index in [4.69, 9.17) is 13.9 Å². The lowest BCUT2D eigenvalue weighted by atomic mass is 9.85. The van der Waals surface area contributed by atoms with E-state index in [1.807, 2.05) is 30.3 Å². The SMILES string of the molecule is COc1cc(C(=O)N2CC[C@@H](NC(=O)c3[nH]c(=O)oc3C)[C@@H](c3ccccc3)C2)cnc1OC. The molecule has 2 aromatic heterocycles. The topological polar surface area (TPSA) is 127 Å². The summed E-state index contributed by atoms with van der Waals surface area (Å²) in [7, 11) is 2.97. The quantitative estimate of drug-likeness (QED) is 0.570. The highest BCUT2D eigenvalue weighted by molar-refractivity contribution is 5.95. The Labute approximate surface area is 195 Å². The van der Waals surface area contributed by atoms with Gasteiger partial charge in [0, 0.05) is 37.3 Å². The number of amides is 2. The van der Waals surface area contributed by atoms with Gasteiger partial charge in [0.15, 0.2) is 5.75 Å². The van der Waals surface area contributed by atoms with Crippen molar-refractivity contribution in [1.29, 1.82) is 0 Å². The van der Waals surface area contributed by atoms with Crippen molar-refractivity contribution >= 4 is 11.8 Å². The average molecular weight is 466 g/mol. The summed E-state index contributed by atoms with van der Waals surface area (Å²) in [5.41, 5.74) is 1.48. The average Bonchev–Trinajstić information content (AvgIpc) is 3.21. The number of oxazole rings is 1. The van der Waals surface area contributed by atoms with Crippen molar-refractivity contribution in [2.45, 2.75) is 25.3 Å². The second-order valence-corrected chi connectivity index (χ2v) is 8.02. The number of methoxy groups -OCH3 is 2. The Bertz CT molecular complexity index is 1240. The van der Waals surface area contributed by atoms with Crippen molar-refractivity contribution in [3.8, 4) is 11.6 Å². The monoisotopic (exact) mass is 466 g/mol. The van der Waals surface area contributed by atoms with Crippen LogP contribution in [0.15, 0.2) is 51.8 Å². The Morgan fingerprint density at radius 1 is 1.21 bits per heavy atom. The first-order valence-corrected chi connectivity index (χ1v) is 10.8. The van der Waals surface area contributed by atoms with Crippen LogP contribution in [0.4, 0.5) is 0 Å². The predicted molar refractivity (Wildman–Crippen MR) is 122 cm³/mol. The number of carbonyl (C=O) groups is 2. The highest BCUT2D eigenvalue weighted by atomic mass is 16.5. The summed E-state index contributed by atoms with van der Waals surface area (Å²) < 4.78 is 15.4. The fourth-order valence-electron chi connectivity index (χ4n) is 4.24. The van der Waals surface area contributed by atoms with Crippen LogP contribution in [0, 0.1) is 6.92 Å². The van der Waals surface area contributed by atoms with Gasteiger partial charge in [0.05, 0.1) is 19.8 Å². The molecular formula is C24H26N4O6. The molecule has 1 aliphatic rings. The number of hydrogen-bond acceptors (Lipinski definition) is 7. The van der Waals surface area contributed by atoms with Crippen molar-refractivity contribution in [2.24, 2.45) is 0 Å². The van der Waals surface area contributed by atoms with Crippen molar-refractivity contribution in [2.75, 3.05) is 27.3 Å². The molecule has 1 aromatic carbocycles. The summed E-state index contributed by atoms with van der Waals surface area (Å²) >= 11 is 0. The van der Waals surface area contributed by atoms with Gasteiger partial charge in [0.1, 0.15) is 11.5 Å². The smallest absolute Gasteiger partial charge is 0.417 e. The Morgan fingerprint density at radius 3 is 2.62 bits per heavy atom. The van der Waals surface area contributed by atoms with Crippen molar-refractivity contribution in [3.05, 3.63) is 75.7 Å². The molecule has 3 aromatic rings. The third-order valence-corrected chi connectivity index (χ3v) is 5.97. The second kappa shape index (κ2) is 9.82. The van der Waals surface area contributed by atoms with Gasteiger partial charge in [-0.1, -0.05) is 30.3 Å². The van der Waals surface area contributed by atoms with Gasteiger partial charge in [0.25, 0.3) is 17.7 Å². The number of rotatable bonds is 6. The maximum atomic E-state index is 13.3. The third-order valence-electron chi connectivity index (χ3n) is 5.97. The number of aromatic amines is 1. The molecule has 0 bridgehead atoms. The molecule has 0 aliphatic carbocycles. The molecular weight excluding hydrogens is 440 g/mol. The van der Waals surface area contributed by atoms with Crippen LogP contribution in [-0.4, -0.2) is 60.0 Å². The second-order valence-electron chi connectivity index (χ2n) is 8.02. The number of nitrogens with one attached hydrogen (secondary N) is 2. The minimum absolute atomic E-state index is 0.103. The van der Waals surface area contributed by atoms with Crippen LogP contribution in [0.3, 0.4) is 0 Å². The van der Waals surface area contributed by atoms with E-state index >= 15 is 0 Å². The number of benzene rings is 1. The van der Waals surface area contributed by atoms with Crippen LogP contribution in [0.5, 0.6) is 11.6 Å². The minimum Gasteiger partial charge on any atom is -0.491 e. The van der Waals surface area contributed by atoms with Crippen LogP contribution in [0.1, 0.15) is 44.5 Å². The van der Waals surface area contributed by atoms with E-state index < -0.39 is 11.7 Å². The lowest BCUT2D eigenvalue weighted by molar-refractivity contribution is 0.0670. The summed E-state index contributed by atoms with van der Waals surface area (Å²) in [6.07, 6.45) is 1.99. The number of H-pyrrole nitrogens is 1.